The molecule has 4 nitrogen and oxygen atoms in total. The van der Waals surface area contributed by atoms with Gasteiger partial charge in [0.25, 0.3) is 0 Å². The third-order valence-electron chi connectivity index (χ3n) is 9.20. The van der Waals surface area contributed by atoms with Gasteiger partial charge >= 0.3 is 12.4 Å². The number of anilines is 2. The lowest BCUT2D eigenvalue weighted by Gasteiger charge is -2.41. The molecular formula is C43H36F6N2O2. The monoisotopic (exact) mass is 726 g/mol. The van der Waals surface area contributed by atoms with E-state index in [1.54, 1.807) is 60.7 Å². The normalized spacial score (nSPS) is 12.1. The van der Waals surface area contributed by atoms with Crippen molar-refractivity contribution in [1.82, 2.24) is 0 Å². The minimum atomic E-state index is -5.85. The van der Waals surface area contributed by atoms with Crippen molar-refractivity contribution in [2.24, 2.45) is 0 Å². The van der Waals surface area contributed by atoms with Gasteiger partial charge in [-0.25, -0.2) is 0 Å². The van der Waals surface area contributed by atoms with Gasteiger partial charge in [-0.1, -0.05) is 83.9 Å². The van der Waals surface area contributed by atoms with Gasteiger partial charge < -0.3 is 20.9 Å². The van der Waals surface area contributed by atoms with Crippen molar-refractivity contribution in [1.29, 1.82) is 0 Å². The summed E-state index contributed by atoms with van der Waals surface area (Å²) in [5.74, 6) is 1.31. The zero-order chi connectivity index (χ0) is 38.3. The second kappa shape index (κ2) is 13.9. The molecule has 6 aromatic rings. The summed E-state index contributed by atoms with van der Waals surface area (Å²) in [7, 11) is 0. The average molecular weight is 727 g/mol. The number of halogens is 6. The van der Waals surface area contributed by atoms with Crippen LogP contribution in [0.1, 0.15) is 33.4 Å². The van der Waals surface area contributed by atoms with Gasteiger partial charge in [0.15, 0.2) is 0 Å². The number of hydrogen-bond donors (Lipinski definition) is 2. The molecule has 0 aliphatic heterocycles. The molecular weight excluding hydrogens is 690 g/mol. The minimum absolute atomic E-state index is 0.149. The number of aryl methyl sites for hydroxylation is 4. The van der Waals surface area contributed by atoms with Gasteiger partial charge in [-0.05, 0) is 121 Å². The number of nitrogens with two attached hydrogens (primary N) is 2. The lowest BCUT2D eigenvalue weighted by Crippen LogP contribution is -2.55. The van der Waals surface area contributed by atoms with Crippen molar-refractivity contribution < 1.29 is 35.8 Å². The quantitative estimate of drug-likeness (QED) is 0.121. The summed E-state index contributed by atoms with van der Waals surface area (Å²) in [6.45, 7) is 6.00. The Hall–Kier alpha value is -5.90. The van der Waals surface area contributed by atoms with E-state index in [4.69, 9.17) is 20.9 Å². The number of nitrogen functional groups attached to an aromatic ring is 2. The maximum atomic E-state index is 16.1. The highest BCUT2D eigenvalue weighted by atomic mass is 19.4. The Labute approximate surface area is 303 Å². The Kier molecular flexibility index (Phi) is 9.68. The maximum absolute atomic E-state index is 16.1. The molecule has 0 unspecified atom stereocenters. The van der Waals surface area contributed by atoms with Crippen LogP contribution in [0.25, 0.3) is 22.3 Å². The molecule has 53 heavy (non-hydrogen) atoms. The van der Waals surface area contributed by atoms with Crippen LogP contribution in [0.15, 0.2) is 121 Å². The highest BCUT2D eigenvalue weighted by Gasteiger charge is 2.73. The van der Waals surface area contributed by atoms with Crippen molar-refractivity contribution in [2.45, 2.75) is 45.5 Å². The van der Waals surface area contributed by atoms with E-state index in [0.29, 0.717) is 34.4 Å². The first-order valence-corrected chi connectivity index (χ1v) is 16.6. The molecule has 0 bridgehead atoms. The predicted molar refractivity (Wildman–Crippen MR) is 197 cm³/mol. The summed E-state index contributed by atoms with van der Waals surface area (Å²) in [4.78, 5) is 0. The van der Waals surface area contributed by atoms with Crippen LogP contribution in [0.2, 0.25) is 0 Å². The maximum Gasteiger partial charge on any atom is 0.411 e. The summed E-state index contributed by atoms with van der Waals surface area (Å²) in [6, 6.07) is 30.4. The summed E-state index contributed by atoms with van der Waals surface area (Å²) < 4.78 is 108. The standard InChI is InChI=1S/C43H36F6N2O2/c1-25-21-27(3)39(29-13-17-31(18-14-29)52-37-11-7-5-9-35(37)50)33(23-25)41(42(44,45)46,43(47,48)49)34-24-26(2)22-28(4)40(34)30-15-19-32(20-16-30)53-38-12-8-6-10-36(38)51/h5-24H,50-51H2,1-4H3. The Balaban J connectivity index is 1.58. The van der Waals surface area contributed by atoms with Crippen molar-refractivity contribution in [2.75, 3.05) is 11.5 Å². The second-order valence-electron chi connectivity index (χ2n) is 13.1. The number of hydrogen-bond acceptors (Lipinski definition) is 4. The van der Waals surface area contributed by atoms with Crippen LogP contribution in [-0.4, -0.2) is 12.4 Å². The van der Waals surface area contributed by atoms with Crippen molar-refractivity contribution in [3.8, 4) is 45.3 Å². The van der Waals surface area contributed by atoms with Gasteiger partial charge in [0.2, 0.25) is 5.41 Å². The van der Waals surface area contributed by atoms with Crippen molar-refractivity contribution in [3.63, 3.8) is 0 Å². The van der Waals surface area contributed by atoms with E-state index in [1.165, 1.54) is 76.2 Å². The molecule has 0 atom stereocenters. The van der Waals surface area contributed by atoms with E-state index in [0.717, 1.165) is 12.1 Å². The summed E-state index contributed by atoms with van der Waals surface area (Å²) in [6.07, 6.45) is -11.7. The van der Waals surface area contributed by atoms with Crippen LogP contribution in [0, 0.1) is 27.7 Å². The largest absolute Gasteiger partial charge is 0.455 e. The summed E-state index contributed by atoms with van der Waals surface area (Å²) in [5.41, 5.74) is 7.29. The Morgan fingerprint density at radius 2 is 0.792 bits per heavy atom. The number of benzene rings is 6. The predicted octanol–water partition coefficient (Wildman–Crippen LogP) is 12.4. The summed E-state index contributed by atoms with van der Waals surface area (Å²) in [5, 5.41) is 0. The first-order chi connectivity index (χ1) is 25.0. The van der Waals surface area contributed by atoms with Crippen LogP contribution in [0.4, 0.5) is 37.7 Å². The van der Waals surface area contributed by atoms with Crippen LogP contribution in [-0.2, 0) is 5.41 Å². The summed E-state index contributed by atoms with van der Waals surface area (Å²) >= 11 is 0. The van der Waals surface area contributed by atoms with E-state index >= 15 is 26.3 Å². The van der Waals surface area contributed by atoms with Crippen LogP contribution < -0.4 is 20.9 Å². The molecule has 0 saturated carbocycles. The Morgan fingerprint density at radius 1 is 0.453 bits per heavy atom. The van der Waals surface area contributed by atoms with Crippen LogP contribution >= 0.6 is 0 Å². The van der Waals surface area contributed by atoms with E-state index in [9.17, 15) is 0 Å². The molecule has 0 radical (unpaired) electrons. The number of ether oxygens (including phenoxy) is 2. The third kappa shape index (κ3) is 6.89. The fourth-order valence-electron chi connectivity index (χ4n) is 6.99. The average Bonchev–Trinajstić information content (AvgIpc) is 3.07. The second-order valence-corrected chi connectivity index (χ2v) is 13.1. The van der Waals surface area contributed by atoms with E-state index in [1.807, 2.05) is 0 Å². The van der Waals surface area contributed by atoms with E-state index < -0.39 is 28.9 Å². The topological polar surface area (TPSA) is 70.5 Å². The third-order valence-corrected chi connectivity index (χ3v) is 9.20. The molecule has 0 spiro atoms. The molecule has 272 valence electrons. The molecule has 0 amide bonds. The van der Waals surface area contributed by atoms with Gasteiger partial charge in [0, 0.05) is 0 Å². The molecule has 0 saturated heterocycles. The van der Waals surface area contributed by atoms with Crippen LogP contribution in [0.5, 0.6) is 23.0 Å². The van der Waals surface area contributed by atoms with E-state index in [-0.39, 0.29) is 44.5 Å². The SMILES string of the molecule is Cc1cc(C)c(-c2ccc(Oc3ccccc3N)cc2)c(C(c2cc(C)cc(C)c2-c2ccc(Oc3ccccc3N)cc2)(C(F)(F)F)C(F)(F)F)c1. The fourth-order valence-corrected chi connectivity index (χ4v) is 6.99. The number of rotatable bonds is 8. The van der Waals surface area contributed by atoms with Gasteiger partial charge in [0.1, 0.15) is 23.0 Å². The smallest absolute Gasteiger partial charge is 0.411 e. The highest BCUT2D eigenvalue weighted by molar-refractivity contribution is 5.80. The molecule has 4 N–H and O–H groups in total. The molecule has 0 fully saturated rings. The highest BCUT2D eigenvalue weighted by Crippen LogP contribution is 2.60. The van der Waals surface area contributed by atoms with Gasteiger partial charge in [-0.15, -0.1) is 0 Å². The van der Waals surface area contributed by atoms with Gasteiger partial charge in [-0.2, -0.15) is 26.3 Å². The molecule has 0 aliphatic carbocycles. The first-order valence-electron chi connectivity index (χ1n) is 16.6. The van der Waals surface area contributed by atoms with Crippen LogP contribution in [0.3, 0.4) is 0 Å². The molecule has 6 aromatic carbocycles. The zero-order valence-corrected chi connectivity index (χ0v) is 29.3. The number of para-hydroxylation sites is 4. The van der Waals surface area contributed by atoms with Gasteiger partial charge in [-0.3, -0.25) is 0 Å². The Morgan fingerprint density at radius 3 is 1.11 bits per heavy atom. The molecule has 0 aliphatic rings. The first kappa shape index (κ1) is 36.9. The molecule has 0 aromatic heterocycles. The molecule has 10 heteroatoms. The lowest BCUT2D eigenvalue weighted by atomic mass is 9.66. The van der Waals surface area contributed by atoms with E-state index in [2.05, 4.69) is 0 Å². The van der Waals surface area contributed by atoms with Crippen molar-refractivity contribution >= 4 is 11.4 Å². The molecule has 6 rings (SSSR count). The zero-order valence-electron chi connectivity index (χ0n) is 29.3. The van der Waals surface area contributed by atoms with Crippen molar-refractivity contribution in [3.05, 3.63) is 155 Å². The minimum Gasteiger partial charge on any atom is -0.455 e. The van der Waals surface area contributed by atoms with Gasteiger partial charge in [0.05, 0.1) is 11.4 Å². The molecule has 0 heterocycles. The lowest BCUT2D eigenvalue weighted by molar-refractivity contribution is -0.288. The fraction of sp³-hybridized carbons (Fsp3) is 0.163. The Bertz CT molecular complexity index is 2120. The number of alkyl halides is 6.